The Balaban J connectivity index is 2.57. The summed E-state index contributed by atoms with van der Waals surface area (Å²) in [4.78, 5) is 10.6. The van der Waals surface area contributed by atoms with Crippen LogP contribution in [0.15, 0.2) is 42.5 Å². The van der Waals surface area contributed by atoms with Crippen LogP contribution in [0.25, 0.3) is 11.1 Å². The van der Waals surface area contributed by atoms with E-state index in [0.29, 0.717) is 0 Å². The molecule has 0 saturated carbocycles. The van der Waals surface area contributed by atoms with Gasteiger partial charge in [0.2, 0.25) is 0 Å². The standard InChI is InChI=1S/C15H10ClF3O3/c16-9-5-6-13(22-8-14(20)21)11(7-9)10-3-1-2-4-12(10)15(17,18)19/h1-7H,8H2,(H,20,21). The zero-order valence-electron chi connectivity index (χ0n) is 11.0. The van der Waals surface area contributed by atoms with Crippen molar-refractivity contribution in [1.82, 2.24) is 0 Å². The van der Waals surface area contributed by atoms with E-state index in [4.69, 9.17) is 21.4 Å². The molecule has 0 amide bonds. The molecule has 0 bridgehead atoms. The second kappa shape index (κ2) is 6.27. The van der Waals surface area contributed by atoms with E-state index in [2.05, 4.69) is 0 Å². The van der Waals surface area contributed by atoms with Gasteiger partial charge in [-0.25, -0.2) is 4.79 Å². The maximum atomic E-state index is 13.1. The van der Waals surface area contributed by atoms with E-state index in [1.165, 1.54) is 36.4 Å². The Bertz CT molecular complexity index is 699. The molecule has 0 atom stereocenters. The molecular weight excluding hydrogens is 321 g/mol. The van der Waals surface area contributed by atoms with Crippen LogP contribution in [0.3, 0.4) is 0 Å². The second-order valence-electron chi connectivity index (χ2n) is 4.37. The number of alkyl halides is 3. The molecular formula is C15H10ClF3O3. The molecule has 0 unspecified atom stereocenters. The highest BCUT2D eigenvalue weighted by Crippen LogP contribution is 2.41. The summed E-state index contributed by atoms with van der Waals surface area (Å²) in [5.41, 5.74) is -0.892. The smallest absolute Gasteiger partial charge is 0.417 e. The fourth-order valence-corrected chi connectivity index (χ4v) is 2.12. The van der Waals surface area contributed by atoms with Crippen molar-refractivity contribution in [1.29, 1.82) is 0 Å². The largest absolute Gasteiger partial charge is 0.481 e. The van der Waals surface area contributed by atoms with Crippen molar-refractivity contribution in [3.63, 3.8) is 0 Å². The molecule has 7 heteroatoms. The second-order valence-corrected chi connectivity index (χ2v) is 4.80. The Morgan fingerprint density at radius 2 is 1.82 bits per heavy atom. The van der Waals surface area contributed by atoms with Gasteiger partial charge in [0.05, 0.1) is 5.56 Å². The van der Waals surface area contributed by atoms with Crippen LogP contribution < -0.4 is 4.74 Å². The van der Waals surface area contributed by atoms with Gasteiger partial charge in [-0.3, -0.25) is 0 Å². The van der Waals surface area contributed by atoms with E-state index in [1.54, 1.807) is 0 Å². The van der Waals surface area contributed by atoms with Gasteiger partial charge in [-0.1, -0.05) is 29.8 Å². The average molecular weight is 331 g/mol. The van der Waals surface area contributed by atoms with Gasteiger partial charge in [0.1, 0.15) is 5.75 Å². The van der Waals surface area contributed by atoms with Crippen LogP contribution >= 0.6 is 11.6 Å². The molecule has 0 radical (unpaired) electrons. The minimum atomic E-state index is -4.55. The van der Waals surface area contributed by atoms with E-state index >= 15 is 0 Å². The van der Waals surface area contributed by atoms with Crippen LogP contribution in [-0.2, 0) is 11.0 Å². The van der Waals surface area contributed by atoms with Gasteiger partial charge < -0.3 is 9.84 Å². The first-order valence-corrected chi connectivity index (χ1v) is 6.47. The predicted octanol–water partition coefficient (Wildman–Crippen LogP) is 4.49. The number of hydrogen-bond acceptors (Lipinski definition) is 2. The number of rotatable bonds is 4. The van der Waals surface area contributed by atoms with Crippen molar-refractivity contribution in [2.45, 2.75) is 6.18 Å². The van der Waals surface area contributed by atoms with Crippen LogP contribution in [0.4, 0.5) is 13.2 Å². The lowest BCUT2D eigenvalue weighted by atomic mass is 9.98. The normalized spacial score (nSPS) is 11.3. The molecule has 2 rings (SSSR count). The van der Waals surface area contributed by atoms with E-state index in [0.717, 1.165) is 6.07 Å². The van der Waals surface area contributed by atoms with Gasteiger partial charge >= 0.3 is 12.1 Å². The molecule has 0 spiro atoms. The van der Waals surface area contributed by atoms with Crippen molar-refractivity contribution in [3.05, 3.63) is 53.1 Å². The number of hydrogen-bond donors (Lipinski definition) is 1. The first kappa shape index (κ1) is 16.2. The summed E-state index contributed by atoms with van der Waals surface area (Å²) in [5.74, 6) is -1.21. The molecule has 0 aromatic heterocycles. The first-order valence-electron chi connectivity index (χ1n) is 6.10. The monoisotopic (exact) mass is 330 g/mol. The Labute approximate surface area is 128 Å². The Morgan fingerprint density at radius 3 is 2.45 bits per heavy atom. The van der Waals surface area contributed by atoms with E-state index in [-0.39, 0.29) is 21.9 Å². The molecule has 22 heavy (non-hydrogen) atoms. The number of carbonyl (C=O) groups is 1. The summed E-state index contributed by atoms with van der Waals surface area (Å²) in [5, 5.41) is 8.86. The number of carboxylic acids is 1. The molecule has 2 aromatic rings. The molecule has 1 N–H and O–H groups in total. The summed E-state index contributed by atoms with van der Waals surface area (Å²) >= 11 is 5.84. The van der Waals surface area contributed by atoms with Crippen LogP contribution in [0, 0.1) is 0 Å². The van der Waals surface area contributed by atoms with Crippen LogP contribution in [-0.4, -0.2) is 17.7 Å². The summed E-state index contributed by atoms with van der Waals surface area (Å²) in [6.07, 6.45) is -4.55. The van der Waals surface area contributed by atoms with Gasteiger partial charge in [-0.05, 0) is 29.8 Å². The van der Waals surface area contributed by atoms with Gasteiger partial charge in [0, 0.05) is 10.6 Å². The quantitative estimate of drug-likeness (QED) is 0.898. The third-order valence-corrected chi connectivity index (χ3v) is 3.05. The fourth-order valence-electron chi connectivity index (χ4n) is 1.94. The molecule has 0 aliphatic rings. The van der Waals surface area contributed by atoms with Gasteiger partial charge in [0.25, 0.3) is 0 Å². The molecule has 0 heterocycles. The highest BCUT2D eigenvalue weighted by Gasteiger charge is 2.34. The van der Waals surface area contributed by atoms with Gasteiger partial charge in [0.15, 0.2) is 6.61 Å². The number of benzene rings is 2. The molecule has 3 nitrogen and oxygen atoms in total. The third kappa shape index (κ3) is 3.71. The Kier molecular flexibility index (Phi) is 4.61. The van der Waals surface area contributed by atoms with Crippen molar-refractivity contribution in [2.75, 3.05) is 6.61 Å². The number of ether oxygens (including phenoxy) is 1. The molecule has 2 aromatic carbocycles. The third-order valence-electron chi connectivity index (χ3n) is 2.82. The predicted molar refractivity (Wildman–Crippen MR) is 75.0 cm³/mol. The lowest BCUT2D eigenvalue weighted by Gasteiger charge is -2.16. The lowest BCUT2D eigenvalue weighted by molar-refractivity contribution is -0.139. The lowest BCUT2D eigenvalue weighted by Crippen LogP contribution is -2.11. The highest BCUT2D eigenvalue weighted by molar-refractivity contribution is 6.31. The molecule has 0 aliphatic carbocycles. The minimum Gasteiger partial charge on any atom is -0.481 e. The minimum absolute atomic E-state index is 0.0171. The summed E-state index contributed by atoms with van der Waals surface area (Å²) in [6, 6.07) is 9.01. The zero-order valence-corrected chi connectivity index (χ0v) is 11.8. The fraction of sp³-hybridized carbons (Fsp3) is 0.133. The molecule has 0 aliphatic heterocycles. The SMILES string of the molecule is O=C(O)COc1ccc(Cl)cc1-c1ccccc1C(F)(F)F. The Hall–Kier alpha value is -2.21. The maximum absolute atomic E-state index is 13.1. The van der Waals surface area contributed by atoms with Crippen LogP contribution in [0.2, 0.25) is 5.02 Å². The zero-order chi connectivity index (χ0) is 16.3. The van der Waals surface area contributed by atoms with Crippen molar-refractivity contribution < 1.29 is 27.8 Å². The number of halogens is 4. The van der Waals surface area contributed by atoms with Gasteiger partial charge in [-0.2, -0.15) is 13.2 Å². The van der Waals surface area contributed by atoms with E-state index in [9.17, 15) is 18.0 Å². The van der Waals surface area contributed by atoms with Crippen LogP contribution in [0.1, 0.15) is 5.56 Å². The number of carboxylic acid groups (broad SMARTS) is 1. The Morgan fingerprint density at radius 1 is 1.14 bits per heavy atom. The van der Waals surface area contributed by atoms with E-state index in [1.807, 2.05) is 0 Å². The summed E-state index contributed by atoms with van der Waals surface area (Å²) < 4.78 is 44.4. The van der Waals surface area contributed by atoms with Crippen molar-refractivity contribution >= 4 is 17.6 Å². The summed E-state index contributed by atoms with van der Waals surface area (Å²) in [6.45, 7) is -0.664. The van der Waals surface area contributed by atoms with E-state index < -0.39 is 24.3 Å². The van der Waals surface area contributed by atoms with Crippen molar-refractivity contribution in [3.8, 4) is 16.9 Å². The molecule has 0 saturated heterocycles. The first-order chi connectivity index (χ1) is 10.3. The summed E-state index contributed by atoms with van der Waals surface area (Å²) in [7, 11) is 0. The van der Waals surface area contributed by atoms with Crippen LogP contribution in [0.5, 0.6) is 5.75 Å². The molecule has 116 valence electrons. The number of aliphatic carboxylic acids is 1. The topological polar surface area (TPSA) is 46.5 Å². The highest BCUT2D eigenvalue weighted by atomic mass is 35.5. The molecule has 0 fully saturated rings. The van der Waals surface area contributed by atoms with Gasteiger partial charge in [-0.15, -0.1) is 0 Å². The average Bonchev–Trinajstić information content (AvgIpc) is 2.45. The van der Waals surface area contributed by atoms with Crippen molar-refractivity contribution in [2.24, 2.45) is 0 Å². The maximum Gasteiger partial charge on any atom is 0.417 e.